The van der Waals surface area contributed by atoms with Gasteiger partial charge in [-0.25, -0.2) is 0 Å². The molecule has 2 N–H and O–H groups in total. The zero-order chi connectivity index (χ0) is 18.2. The second kappa shape index (κ2) is 6.70. The molecule has 4 atom stereocenters. The molecule has 5 nitrogen and oxygen atoms in total. The molecule has 23 heavy (non-hydrogen) atoms. The minimum atomic E-state index is -5.00. The van der Waals surface area contributed by atoms with Crippen LogP contribution in [0.2, 0.25) is 13.1 Å². The van der Waals surface area contributed by atoms with Gasteiger partial charge in [-0.1, -0.05) is 20.8 Å². The molecule has 1 rings (SSSR count). The van der Waals surface area contributed by atoms with E-state index in [0.717, 1.165) is 0 Å². The Morgan fingerprint density at radius 3 is 2.26 bits per heavy atom. The van der Waals surface area contributed by atoms with Gasteiger partial charge in [0.2, 0.25) is 0 Å². The number of nitrogens with one attached hydrogen (secondary N) is 1. The topological polar surface area (TPSA) is 67.8 Å². The van der Waals surface area contributed by atoms with Gasteiger partial charge >= 0.3 is 12.1 Å². The second-order valence-corrected chi connectivity index (χ2v) is 9.60. The third-order valence-corrected chi connectivity index (χ3v) is 4.75. The summed E-state index contributed by atoms with van der Waals surface area (Å²) in [6.07, 6.45) is -7.06. The smallest absolute Gasteiger partial charge is 0.393 e. The highest BCUT2D eigenvalue weighted by Gasteiger charge is 2.54. The average Bonchev–Trinajstić information content (AvgIpc) is 2.31. The minimum absolute atomic E-state index is 0.0466. The van der Waals surface area contributed by atoms with Gasteiger partial charge < -0.3 is 19.6 Å². The Labute approximate surface area is 136 Å². The highest BCUT2D eigenvalue weighted by Crippen LogP contribution is 2.44. The molecule has 1 amide bonds. The van der Waals surface area contributed by atoms with Crippen molar-refractivity contribution < 1.29 is 32.2 Å². The third-order valence-electron chi connectivity index (χ3n) is 3.90. The lowest BCUT2D eigenvalue weighted by Gasteiger charge is -2.53. The van der Waals surface area contributed by atoms with Crippen LogP contribution >= 0.6 is 0 Å². The maximum Gasteiger partial charge on any atom is 0.471 e. The molecule has 1 aliphatic heterocycles. The molecule has 0 aromatic carbocycles. The monoisotopic (exact) mass is 357 g/mol. The van der Waals surface area contributed by atoms with E-state index < -0.39 is 50.6 Å². The van der Waals surface area contributed by atoms with Crippen LogP contribution in [0.1, 0.15) is 34.1 Å². The number of carbonyl (C=O) groups excluding carboxylic acids is 1. The van der Waals surface area contributed by atoms with Crippen molar-refractivity contribution in [1.29, 1.82) is 0 Å². The highest BCUT2D eigenvalue weighted by molar-refractivity contribution is 6.48. The van der Waals surface area contributed by atoms with E-state index >= 15 is 0 Å². The first kappa shape index (κ1) is 20.4. The van der Waals surface area contributed by atoms with Crippen LogP contribution in [0.4, 0.5) is 13.2 Å². The molecular weight excluding hydrogens is 331 g/mol. The van der Waals surface area contributed by atoms with E-state index in [9.17, 15) is 23.1 Å². The van der Waals surface area contributed by atoms with E-state index in [0.29, 0.717) is 0 Å². The fourth-order valence-electron chi connectivity index (χ4n) is 2.66. The van der Waals surface area contributed by atoms with Crippen molar-refractivity contribution in [1.82, 2.24) is 5.32 Å². The zero-order valence-electron chi connectivity index (χ0n) is 14.3. The normalized spacial score (nSPS) is 32.9. The molecule has 9 heteroatoms. The Morgan fingerprint density at radius 2 is 1.87 bits per heavy atom. The van der Waals surface area contributed by atoms with Gasteiger partial charge in [-0.05, 0) is 20.0 Å². The molecule has 1 aliphatic rings. The lowest BCUT2D eigenvalue weighted by Crippen LogP contribution is -2.65. The van der Waals surface area contributed by atoms with Crippen molar-refractivity contribution in [3.05, 3.63) is 0 Å². The number of halogens is 3. The van der Waals surface area contributed by atoms with Gasteiger partial charge in [-0.15, -0.1) is 0 Å². The van der Waals surface area contributed by atoms with Crippen molar-refractivity contribution in [3.8, 4) is 0 Å². The molecule has 0 unspecified atom stereocenters. The standard InChI is InChI=1S/C14H26F3NO4Si/c1-8-10(19)9(18-11(20)14(15,16)17)7-13(21-8,12(2,3)4)22-23(5)6/h8-10,19,23H,7H2,1-6H3,(H,18,20)/t8-,9-,10+,13+/m0/s1. The average molecular weight is 357 g/mol. The fraction of sp³-hybridized carbons (Fsp3) is 0.929. The SMILES string of the molecule is C[C@@H]1O[C@](O[SiH](C)C)(C(C)(C)C)C[C@H](NC(=O)C(F)(F)F)[C@@H]1O. The summed E-state index contributed by atoms with van der Waals surface area (Å²) in [7, 11) is -1.60. The second-order valence-electron chi connectivity index (χ2n) is 7.26. The van der Waals surface area contributed by atoms with Gasteiger partial charge in [-0.3, -0.25) is 4.79 Å². The Kier molecular flexibility index (Phi) is 5.94. The van der Waals surface area contributed by atoms with Crippen LogP contribution in [-0.4, -0.2) is 50.3 Å². The lowest BCUT2D eigenvalue weighted by atomic mass is 9.78. The number of aliphatic hydroxyl groups is 1. The van der Waals surface area contributed by atoms with Crippen LogP contribution in [-0.2, 0) is 14.0 Å². The molecule has 1 fully saturated rings. The van der Waals surface area contributed by atoms with Crippen LogP contribution in [0.3, 0.4) is 0 Å². The van der Waals surface area contributed by atoms with Gasteiger partial charge in [0.25, 0.3) is 0 Å². The molecule has 0 radical (unpaired) electrons. The first-order valence-corrected chi connectivity index (χ1v) is 10.4. The maximum absolute atomic E-state index is 12.5. The van der Waals surface area contributed by atoms with Crippen LogP contribution in [0.15, 0.2) is 0 Å². The van der Waals surface area contributed by atoms with E-state index in [1.807, 2.05) is 39.2 Å². The Balaban J connectivity index is 3.10. The largest absolute Gasteiger partial charge is 0.471 e. The predicted octanol–water partition coefficient (Wildman–Crippen LogP) is 1.95. The molecule has 136 valence electrons. The van der Waals surface area contributed by atoms with Crippen LogP contribution < -0.4 is 5.32 Å². The van der Waals surface area contributed by atoms with Gasteiger partial charge in [0.1, 0.15) is 6.10 Å². The molecule has 0 saturated carbocycles. The van der Waals surface area contributed by atoms with Crippen LogP contribution in [0, 0.1) is 5.41 Å². The number of aliphatic hydroxyl groups excluding tert-OH is 1. The van der Waals surface area contributed by atoms with Crippen molar-refractivity contribution in [2.45, 2.75) is 77.4 Å². The van der Waals surface area contributed by atoms with E-state index in [2.05, 4.69) is 0 Å². The molecule has 1 heterocycles. The number of carbonyl (C=O) groups is 1. The summed E-state index contributed by atoms with van der Waals surface area (Å²) in [5.41, 5.74) is -0.542. The molecule has 0 aromatic heterocycles. The molecular formula is C14H26F3NO4Si. The van der Waals surface area contributed by atoms with Crippen molar-refractivity contribution in [3.63, 3.8) is 0 Å². The van der Waals surface area contributed by atoms with Gasteiger partial charge in [0, 0.05) is 11.8 Å². The fourth-order valence-corrected chi connectivity index (χ4v) is 3.93. The first-order valence-electron chi connectivity index (χ1n) is 7.61. The van der Waals surface area contributed by atoms with Gasteiger partial charge in [0.05, 0.1) is 12.1 Å². The molecule has 0 aliphatic carbocycles. The summed E-state index contributed by atoms with van der Waals surface area (Å²) in [5.74, 6) is -3.23. The predicted molar refractivity (Wildman–Crippen MR) is 81.3 cm³/mol. The Bertz CT molecular complexity index is 439. The van der Waals surface area contributed by atoms with E-state index in [-0.39, 0.29) is 6.42 Å². The third kappa shape index (κ3) is 4.68. The molecule has 1 saturated heterocycles. The maximum atomic E-state index is 12.5. The molecule has 0 aromatic rings. The Hall–Kier alpha value is -0.643. The molecule has 0 spiro atoms. The van der Waals surface area contributed by atoms with E-state index in [1.165, 1.54) is 0 Å². The van der Waals surface area contributed by atoms with Crippen LogP contribution in [0.5, 0.6) is 0 Å². The van der Waals surface area contributed by atoms with Crippen molar-refractivity contribution >= 4 is 14.9 Å². The summed E-state index contributed by atoms with van der Waals surface area (Å²) in [5, 5.41) is 12.0. The summed E-state index contributed by atoms with van der Waals surface area (Å²) < 4.78 is 49.5. The van der Waals surface area contributed by atoms with Gasteiger partial charge in [0.15, 0.2) is 14.8 Å². The van der Waals surface area contributed by atoms with E-state index in [1.54, 1.807) is 6.92 Å². The quantitative estimate of drug-likeness (QED) is 0.758. The van der Waals surface area contributed by atoms with Crippen LogP contribution in [0.25, 0.3) is 0 Å². The Morgan fingerprint density at radius 1 is 1.35 bits per heavy atom. The summed E-state index contributed by atoms with van der Waals surface area (Å²) in [6, 6.07) is -1.10. The summed E-state index contributed by atoms with van der Waals surface area (Å²) in [6.45, 7) is 11.0. The van der Waals surface area contributed by atoms with Crippen molar-refractivity contribution in [2.24, 2.45) is 5.41 Å². The summed E-state index contributed by atoms with van der Waals surface area (Å²) >= 11 is 0. The number of alkyl halides is 3. The number of amides is 1. The lowest BCUT2D eigenvalue weighted by molar-refractivity contribution is -0.309. The van der Waals surface area contributed by atoms with Gasteiger partial charge in [-0.2, -0.15) is 13.2 Å². The molecule has 0 bridgehead atoms. The minimum Gasteiger partial charge on any atom is -0.393 e. The summed E-state index contributed by atoms with van der Waals surface area (Å²) in [4.78, 5) is 11.2. The van der Waals surface area contributed by atoms with Crippen molar-refractivity contribution in [2.75, 3.05) is 0 Å². The first-order chi connectivity index (χ1) is 10.2. The highest BCUT2D eigenvalue weighted by atomic mass is 28.3. The van der Waals surface area contributed by atoms with E-state index in [4.69, 9.17) is 9.16 Å². The zero-order valence-corrected chi connectivity index (χ0v) is 15.5. The number of rotatable bonds is 3. The number of ether oxygens (including phenoxy) is 1. The number of hydrogen-bond acceptors (Lipinski definition) is 4. The number of hydrogen-bond donors (Lipinski definition) is 2.